The molecule has 200 valence electrons. The molecule has 9 nitrogen and oxygen atoms in total. The van der Waals surface area contributed by atoms with Gasteiger partial charge in [0, 0.05) is 26.9 Å². The second-order valence-corrected chi connectivity index (χ2v) is 10.6. The number of hydrogen-bond acceptors (Lipinski definition) is 8. The maximum absolute atomic E-state index is 13.0. The van der Waals surface area contributed by atoms with E-state index in [0.717, 1.165) is 4.90 Å². The van der Waals surface area contributed by atoms with Crippen LogP contribution < -0.4 is 10.6 Å². The highest BCUT2D eigenvalue weighted by atomic mass is 32.2. The van der Waals surface area contributed by atoms with Crippen molar-refractivity contribution < 1.29 is 29.0 Å². The Kier molecular flexibility index (Phi) is 8.95. The van der Waals surface area contributed by atoms with Crippen LogP contribution in [0.15, 0.2) is 70.9 Å². The second-order valence-electron chi connectivity index (χ2n) is 8.37. The fourth-order valence-corrected chi connectivity index (χ4v) is 5.37. The van der Waals surface area contributed by atoms with E-state index >= 15 is 0 Å². The van der Waals surface area contributed by atoms with Gasteiger partial charge in [-0.15, -0.1) is 23.1 Å². The fourth-order valence-electron chi connectivity index (χ4n) is 3.79. The molecule has 0 aliphatic carbocycles. The van der Waals surface area contributed by atoms with Gasteiger partial charge in [0.15, 0.2) is 5.13 Å². The van der Waals surface area contributed by atoms with Crippen molar-refractivity contribution in [2.45, 2.75) is 30.4 Å². The van der Waals surface area contributed by atoms with Crippen molar-refractivity contribution in [3.8, 4) is 0 Å². The van der Waals surface area contributed by atoms with Crippen molar-refractivity contribution in [2.24, 2.45) is 0 Å². The van der Waals surface area contributed by atoms with Crippen molar-refractivity contribution in [1.82, 2.24) is 4.98 Å². The van der Waals surface area contributed by atoms with Crippen LogP contribution in [0.1, 0.15) is 40.3 Å². The first kappa shape index (κ1) is 27.8. The minimum Gasteiger partial charge on any atom is -0.478 e. The number of esters is 1. The van der Waals surface area contributed by atoms with Crippen LogP contribution >= 0.6 is 23.1 Å². The number of benzene rings is 3. The number of nitrogens with zero attached hydrogens (tertiary/aromatic N) is 1. The molecule has 3 aromatic carbocycles. The SMILES string of the molecule is CCOC(=O)Cc1csc(NC(=O)C(C)Sc2ccc(NC(=O)c3cccc4cccc(C(=O)O)c34)cc2)n1. The first-order valence-corrected chi connectivity index (χ1v) is 13.7. The summed E-state index contributed by atoms with van der Waals surface area (Å²) in [6.45, 7) is 3.80. The third-order valence-electron chi connectivity index (χ3n) is 5.59. The molecule has 1 aromatic heterocycles. The highest BCUT2D eigenvalue weighted by molar-refractivity contribution is 8.00. The Labute approximate surface area is 232 Å². The van der Waals surface area contributed by atoms with Gasteiger partial charge in [0.1, 0.15) is 0 Å². The number of ether oxygens (including phenoxy) is 1. The summed E-state index contributed by atoms with van der Waals surface area (Å²) in [4.78, 5) is 54.1. The summed E-state index contributed by atoms with van der Waals surface area (Å²) in [5, 5.41) is 17.9. The Morgan fingerprint density at radius 1 is 1.00 bits per heavy atom. The summed E-state index contributed by atoms with van der Waals surface area (Å²) in [7, 11) is 0. The lowest BCUT2D eigenvalue weighted by atomic mass is 9.98. The monoisotopic (exact) mass is 563 g/mol. The number of amides is 2. The first-order valence-electron chi connectivity index (χ1n) is 12.0. The van der Waals surface area contributed by atoms with Gasteiger partial charge < -0.3 is 20.5 Å². The number of carbonyl (C=O) groups excluding carboxylic acids is 3. The molecule has 0 spiro atoms. The van der Waals surface area contributed by atoms with Gasteiger partial charge >= 0.3 is 11.9 Å². The lowest BCUT2D eigenvalue weighted by Gasteiger charge is -2.12. The summed E-state index contributed by atoms with van der Waals surface area (Å²) in [6.07, 6.45) is 0.0502. The van der Waals surface area contributed by atoms with Crippen molar-refractivity contribution in [3.05, 3.63) is 82.9 Å². The van der Waals surface area contributed by atoms with Gasteiger partial charge in [-0.05, 0) is 55.6 Å². The Hall–Kier alpha value is -4.22. The zero-order valence-electron chi connectivity index (χ0n) is 21.1. The van der Waals surface area contributed by atoms with E-state index in [1.165, 1.54) is 29.2 Å². The molecule has 4 aromatic rings. The molecule has 11 heteroatoms. The number of thioether (sulfide) groups is 1. The number of nitrogens with one attached hydrogen (secondary N) is 2. The third kappa shape index (κ3) is 7.01. The van der Waals surface area contributed by atoms with E-state index in [9.17, 15) is 24.3 Å². The normalized spacial score (nSPS) is 11.5. The van der Waals surface area contributed by atoms with Gasteiger partial charge in [-0.1, -0.05) is 24.3 Å². The van der Waals surface area contributed by atoms with E-state index < -0.39 is 17.1 Å². The number of thiazole rings is 1. The number of anilines is 2. The average Bonchev–Trinajstić information content (AvgIpc) is 3.35. The van der Waals surface area contributed by atoms with Gasteiger partial charge in [-0.3, -0.25) is 14.4 Å². The minimum atomic E-state index is -1.10. The van der Waals surface area contributed by atoms with E-state index in [1.54, 1.807) is 73.8 Å². The fraction of sp³-hybridized carbons (Fsp3) is 0.179. The Morgan fingerprint density at radius 3 is 2.36 bits per heavy atom. The van der Waals surface area contributed by atoms with Gasteiger partial charge in [0.05, 0.1) is 29.5 Å². The van der Waals surface area contributed by atoms with Crippen LogP contribution in [-0.2, 0) is 20.7 Å². The minimum absolute atomic E-state index is 0.0502. The van der Waals surface area contributed by atoms with Crippen LogP contribution in [0.3, 0.4) is 0 Å². The van der Waals surface area contributed by atoms with Crippen LogP contribution in [0.2, 0.25) is 0 Å². The van der Waals surface area contributed by atoms with Crippen LogP contribution in [-0.4, -0.2) is 45.7 Å². The van der Waals surface area contributed by atoms with Gasteiger partial charge in [-0.25, -0.2) is 9.78 Å². The molecule has 1 atom stereocenters. The van der Waals surface area contributed by atoms with Gasteiger partial charge in [0.2, 0.25) is 5.91 Å². The van der Waals surface area contributed by atoms with Crippen LogP contribution in [0.5, 0.6) is 0 Å². The molecule has 0 saturated heterocycles. The number of carboxylic acid groups (broad SMARTS) is 1. The molecule has 1 heterocycles. The summed E-state index contributed by atoms with van der Waals surface area (Å²) in [5.41, 5.74) is 1.39. The van der Waals surface area contributed by atoms with Crippen molar-refractivity contribution in [3.63, 3.8) is 0 Å². The molecule has 0 aliphatic rings. The molecule has 4 rings (SSSR count). The number of aromatic nitrogens is 1. The summed E-state index contributed by atoms with van der Waals surface area (Å²) >= 11 is 2.58. The number of carbonyl (C=O) groups is 4. The standard InChI is InChI=1S/C28H25N3O6S2/c1-3-37-23(32)14-19-15-38-28(30-19)31-25(33)16(2)39-20-12-10-18(11-13-20)29-26(34)21-8-4-6-17-7-5-9-22(24(17)21)27(35)36/h4-13,15-16H,3,14H2,1-2H3,(H,29,34)(H,35,36)(H,30,31,33). The van der Waals surface area contributed by atoms with E-state index in [-0.39, 0.29) is 29.4 Å². The molecule has 0 bridgehead atoms. The zero-order chi connectivity index (χ0) is 27.9. The molecule has 39 heavy (non-hydrogen) atoms. The number of aromatic carboxylic acids is 1. The molecule has 0 aliphatic heterocycles. The average molecular weight is 564 g/mol. The molecular weight excluding hydrogens is 538 g/mol. The first-order chi connectivity index (χ1) is 18.7. The van der Waals surface area contributed by atoms with Gasteiger partial charge in [-0.2, -0.15) is 0 Å². The summed E-state index contributed by atoms with van der Waals surface area (Å²) in [6, 6.07) is 17.0. The number of hydrogen-bond donors (Lipinski definition) is 3. The van der Waals surface area contributed by atoms with Gasteiger partial charge in [0.25, 0.3) is 5.91 Å². The van der Waals surface area contributed by atoms with E-state index in [1.807, 2.05) is 0 Å². The van der Waals surface area contributed by atoms with Crippen molar-refractivity contribution in [2.75, 3.05) is 17.2 Å². The molecule has 2 amide bonds. The Morgan fingerprint density at radius 2 is 1.69 bits per heavy atom. The van der Waals surface area contributed by atoms with Crippen LogP contribution in [0.4, 0.5) is 10.8 Å². The second kappa shape index (κ2) is 12.5. The van der Waals surface area contributed by atoms with Crippen LogP contribution in [0, 0.1) is 0 Å². The predicted molar refractivity (Wildman–Crippen MR) is 152 cm³/mol. The number of fused-ring (bicyclic) bond motifs is 1. The Bertz CT molecular complexity index is 1530. The largest absolute Gasteiger partial charge is 0.478 e. The third-order valence-corrected chi connectivity index (χ3v) is 7.51. The molecule has 0 radical (unpaired) electrons. The Balaban J connectivity index is 1.36. The summed E-state index contributed by atoms with van der Waals surface area (Å²) in [5.74, 6) is -2.13. The van der Waals surface area contributed by atoms with E-state index in [4.69, 9.17) is 4.74 Å². The smallest absolute Gasteiger partial charge is 0.336 e. The topological polar surface area (TPSA) is 135 Å². The highest BCUT2D eigenvalue weighted by Crippen LogP contribution is 2.28. The van der Waals surface area contributed by atoms with E-state index in [0.29, 0.717) is 33.9 Å². The van der Waals surface area contributed by atoms with Crippen molar-refractivity contribution in [1.29, 1.82) is 0 Å². The molecule has 1 unspecified atom stereocenters. The lowest BCUT2D eigenvalue weighted by molar-refractivity contribution is -0.142. The number of rotatable bonds is 10. The maximum Gasteiger partial charge on any atom is 0.336 e. The quantitative estimate of drug-likeness (QED) is 0.171. The molecule has 3 N–H and O–H groups in total. The molecule has 0 fully saturated rings. The molecule has 0 saturated carbocycles. The predicted octanol–water partition coefficient (Wildman–Crippen LogP) is 5.47. The van der Waals surface area contributed by atoms with Crippen LogP contribution in [0.25, 0.3) is 10.8 Å². The number of carboxylic acids is 1. The lowest BCUT2D eigenvalue weighted by Crippen LogP contribution is -2.22. The summed E-state index contributed by atoms with van der Waals surface area (Å²) < 4.78 is 4.91. The maximum atomic E-state index is 13.0. The molecular formula is C28H25N3O6S2. The zero-order valence-corrected chi connectivity index (χ0v) is 22.7. The van der Waals surface area contributed by atoms with Crippen molar-refractivity contribution >= 4 is 68.4 Å². The highest BCUT2D eigenvalue weighted by Gasteiger charge is 2.19. The van der Waals surface area contributed by atoms with E-state index in [2.05, 4.69) is 15.6 Å².